The molecule has 6 unspecified atom stereocenters. The number of fused-ring (bicyclic) bond motifs is 1. The normalized spacial score (nSPS) is 25.0. The summed E-state index contributed by atoms with van der Waals surface area (Å²) in [6.07, 6.45) is 2.92. The first kappa shape index (κ1) is 34.6. The Kier molecular flexibility index (Phi) is 11.1. The highest BCUT2D eigenvalue weighted by molar-refractivity contribution is 7.52. The first-order chi connectivity index (χ1) is 21.4. The number of aliphatic hydroxyl groups excluding tert-OH is 1. The molecule has 3 aromatic rings. The molecule has 0 saturated carbocycles. The van der Waals surface area contributed by atoms with Crippen LogP contribution in [-0.2, 0) is 29.0 Å². The van der Waals surface area contributed by atoms with Crippen LogP contribution in [-0.4, -0.2) is 67.8 Å². The number of nitriles is 1. The van der Waals surface area contributed by atoms with Crippen molar-refractivity contribution in [2.75, 3.05) is 18.9 Å². The summed E-state index contributed by atoms with van der Waals surface area (Å²) in [5.41, 5.74) is 2.00. The Morgan fingerprint density at radius 3 is 2.67 bits per heavy atom. The van der Waals surface area contributed by atoms with Gasteiger partial charge in [0.1, 0.15) is 47.5 Å². The first-order valence-corrected chi connectivity index (χ1v) is 16.5. The second-order valence-corrected chi connectivity index (χ2v) is 13.1. The maximum absolute atomic E-state index is 14.0. The Labute approximate surface area is 266 Å². The number of nitrogens with one attached hydrogen (secondary N) is 1. The van der Waals surface area contributed by atoms with Crippen molar-refractivity contribution in [3.63, 3.8) is 0 Å². The van der Waals surface area contributed by atoms with Crippen molar-refractivity contribution in [2.45, 2.75) is 82.3 Å². The van der Waals surface area contributed by atoms with E-state index >= 15 is 0 Å². The maximum Gasteiger partial charge on any atom is 0.459 e. The number of aromatic nitrogens is 3. The molecule has 16 heteroatoms. The zero-order valence-electron chi connectivity index (χ0n) is 25.3. The second kappa shape index (κ2) is 14.4. The van der Waals surface area contributed by atoms with Gasteiger partial charge in [0.25, 0.3) is 0 Å². The molecule has 4 rings (SSSR count). The average molecular weight is 665 g/mol. The molecule has 1 aromatic carbocycles. The van der Waals surface area contributed by atoms with E-state index in [1.54, 1.807) is 6.07 Å². The van der Waals surface area contributed by atoms with Crippen LogP contribution in [0.25, 0.3) is 5.52 Å². The quantitative estimate of drug-likeness (QED) is 0.104. The smallest absolute Gasteiger partial charge is 0.459 e. The molecule has 1 saturated heterocycles. The molecule has 0 spiro atoms. The fraction of sp³-hybridized carbons (Fsp3) is 0.517. The van der Waals surface area contributed by atoms with Gasteiger partial charge in [0.05, 0.1) is 18.9 Å². The van der Waals surface area contributed by atoms with Crippen molar-refractivity contribution in [1.29, 1.82) is 5.26 Å². The minimum atomic E-state index is -4.39. The minimum Gasteiger partial charge on any atom is -0.465 e. The van der Waals surface area contributed by atoms with E-state index in [-0.39, 0.29) is 23.9 Å². The van der Waals surface area contributed by atoms with Crippen molar-refractivity contribution < 1.29 is 38.1 Å². The lowest BCUT2D eigenvalue weighted by Gasteiger charge is -2.33. The maximum atomic E-state index is 14.0. The van der Waals surface area contributed by atoms with Crippen molar-refractivity contribution in [3.05, 3.63) is 53.4 Å². The molecule has 2 aromatic heterocycles. The van der Waals surface area contributed by atoms with Gasteiger partial charge in [0, 0.05) is 5.02 Å². The van der Waals surface area contributed by atoms with Crippen molar-refractivity contribution in [1.82, 2.24) is 19.7 Å². The highest BCUT2D eigenvalue weighted by Gasteiger charge is 2.65. The highest BCUT2D eigenvalue weighted by Crippen LogP contribution is 2.50. The van der Waals surface area contributed by atoms with Gasteiger partial charge < -0.3 is 29.9 Å². The Balaban J connectivity index is 1.53. The lowest BCUT2D eigenvalue weighted by Crippen LogP contribution is -2.52. The monoisotopic (exact) mass is 664 g/mol. The third kappa shape index (κ3) is 7.42. The molecule has 1 aliphatic heterocycles. The topological polar surface area (TPSA) is 204 Å². The lowest BCUT2D eigenvalue weighted by molar-refractivity contribution is -0.145. The summed E-state index contributed by atoms with van der Waals surface area (Å²) in [7, 11) is -4.39. The van der Waals surface area contributed by atoms with Crippen LogP contribution in [0.4, 0.5) is 5.82 Å². The second-order valence-electron chi connectivity index (χ2n) is 11.0. The number of nitrogen functional groups attached to an aromatic ring is 1. The van der Waals surface area contributed by atoms with E-state index in [0.717, 1.165) is 25.7 Å². The van der Waals surface area contributed by atoms with Gasteiger partial charge in [-0.15, -0.1) is 0 Å². The number of ether oxygens (including phenoxy) is 2. The van der Waals surface area contributed by atoms with Gasteiger partial charge in [-0.25, -0.2) is 14.1 Å². The predicted octanol–water partition coefficient (Wildman–Crippen LogP) is 3.89. The molecule has 1 fully saturated rings. The molecule has 1 aliphatic rings. The van der Waals surface area contributed by atoms with E-state index < -0.39 is 49.8 Å². The standard InChI is InChI=1S/C29H38ClN6O8P/c1-4-5-6-7-8-15-41-27(38)19(2)35-45(40,44-21-11-9-20(30)10-12-21)42-16-23-25(37)28(3,39)29(17-31,43-23)24-14-13-22-26(32)33-18-34-36(22)24/h9-14,18-19,23,25,37,39H,4-8,15-16H2,1-3H3,(H,35,40)(H2,32,33,34). The molecule has 0 amide bonds. The Morgan fingerprint density at radius 1 is 1.27 bits per heavy atom. The third-order valence-corrected chi connectivity index (χ3v) is 9.51. The number of anilines is 1. The Hall–Kier alpha value is -3.28. The Bertz CT molecular complexity index is 1560. The number of carbonyl (C=O) groups excluding carboxylic acids is 1. The summed E-state index contributed by atoms with van der Waals surface area (Å²) >= 11 is 5.97. The van der Waals surface area contributed by atoms with Gasteiger partial charge in [-0.05, 0) is 56.7 Å². The number of rotatable bonds is 15. The average Bonchev–Trinajstić information content (AvgIpc) is 3.53. The van der Waals surface area contributed by atoms with E-state index in [9.17, 15) is 24.8 Å². The third-order valence-electron chi connectivity index (χ3n) is 7.61. The molecule has 244 valence electrons. The van der Waals surface area contributed by atoms with E-state index in [1.165, 1.54) is 55.0 Å². The highest BCUT2D eigenvalue weighted by atomic mass is 35.5. The van der Waals surface area contributed by atoms with Crippen LogP contribution in [0.1, 0.15) is 58.6 Å². The van der Waals surface area contributed by atoms with Crippen LogP contribution in [0.15, 0.2) is 42.7 Å². The zero-order chi connectivity index (χ0) is 32.8. The molecule has 14 nitrogen and oxygen atoms in total. The van der Waals surface area contributed by atoms with Crippen LogP contribution in [0.2, 0.25) is 5.02 Å². The van der Waals surface area contributed by atoms with Crippen molar-refractivity contribution >= 4 is 36.7 Å². The zero-order valence-corrected chi connectivity index (χ0v) is 26.9. The number of nitrogens with two attached hydrogens (primary N) is 1. The number of benzene rings is 1. The fourth-order valence-corrected chi connectivity index (χ4v) is 6.66. The summed E-state index contributed by atoms with van der Waals surface area (Å²) in [5, 5.41) is 40.1. The number of hydrogen-bond donors (Lipinski definition) is 4. The molecule has 6 atom stereocenters. The minimum absolute atomic E-state index is 0.0745. The van der Waals surface area contributed by atoms with E-state index in [4.69, 9.17) is 35.9 Å². The summed E-state index contributed by atoms with van der Waals surface area (Å²) < 4.78 is 38.0. The number of aliphatic hydroxyl groups is 2. The fourth-order valence-electron chi connectivity index (χ4n) is 5.03. The van der Waals surface area contributed by atoms with Gasteiger partial charge in [0.2, 0.25) is 5.60 Å². The predicted molar refractivity (Wildman–Crippen MR) is 164 cm³/mol. The van der Waals surface area contributed by atoms with Crippen LogP contribution in [0.3, 0.4) is 0 Å². The van der Waals surface area contributed by atoms with Crippen LogP contribution in [0, 0.1) is 11.3 Å². The molecule has 0 aliphatic carbocycles. The number of esters is 1. The van der Waals surface area contributed by atoms with Crippen molar-refractivity contribution in [3.8, 4) is 11.8 Å². The molecule has 45 heavy (non-hydrogen) atoms. The number of carbonyl (C=O) groups is 1. The van der Waals surface area contributed by atoms with Gasteiger partial charge >= 0.3 is 13.7 Å². The van der Waals surface area contributed by atoms with Crippen LogP contribution >= 0.6 is 19.3 Å². The van der Waals surface area contributed by atoms with Crippen LogP contribution < -0.4 is 15.3 Å². The molecule has 5 N–H and O–H groups in total. The van der Waals surface area contributed by atoms with Gasteiger partial charge in [0.15, 0.2) is 5.82 Å². The van der Waals surface area contributed by atoms with E-state index in [0.29, 0.717) is 17.0 Å². The number of halogens is 1. The summed E-state index contributed by atoms with van der Waals surface area (Å²) in [5.74, 6) is -0.438. The van der Waals surface area contributed by atoms with Gasteiger partial charge in [-0.2, -0.15) is 15.4 Å². The Morgan fingerprint density at radius 2 is 1.98 bits per heavy atom. The van der Waals surface area contributed by atoms with Crippen molar-refractivity contribution in [2.24, 2.45) is 0 Å². The number of nitrogens with zero attached hydrogens (tertiary/aromatic N) is 4. The number of unbranched alkanes of at least 4 members (excludes halogenated alkanes) is 4. The summed E-state index contributed by atoms with van der Waals surface area (Å²) in [6.45, 7) is 4.36. The lowest BCUT2D eigenvalue weighted by atomic mass is 9.80. The summed E-state index contributed by atoms with van der Waals surface area (Å²) in [6, 6.07) is 9.80. The van der Waals surface area contributed by atoms with Gasteiger partial charge in [-0.1, -0.05) is 44.2 Å². The van der Waals surface area contributed by atoms with E-state index in [1.807, 2.05) is 6.07 Å². The summed E-state index contributed by atoms with van der Waals surface area (Å²) in [4.78, 5) is 16.6. The molecule has 3 heterocycles. The largest absolute Gasteiger partial charge is 0.465 e. The van der Waals surface area contributed by atoms with E-state index in [2.05, 4.69) is 22.1 Å². The molecular weight excluding hydrogens is 627 g/mol. The van der Waals surface area contributed by atoms with Gasteiger partial charge in [-0.3, -0.25) is 9.32 Å². The SMILES string of the molecule is CCCCCCCOC(=O)C(C)NP(=O)(OCC1OC(C#N)(c2ccc3c(N)ncnn23)C(C)(O)C1O)Oc1ccc(Cl)cc1. The molecular formula is C29H38ClN6O8P. The first-order valence-electron chi connectivity index (χ1n) is 14.6. The molecule has 0 radical (unpaired) electrons. The molecule has 0 bridgehead atoms. The van der Waals surface area contributed by atoms with Crippen LogP contribution in [0.5, 0.6) is 5.75 Å². The number of hydrogen-bond acceptors (Lipinski definition) is 12.